The Morgan fingerprint density at radius 3 is 2.73 bits per heavy atom. The molecule has 0 atom stereocenters. The second kappa shape index (κ2) is 4.89. The van der Waals surface area contributed by atoms with Gasteiger partial charge in [0, 0.05) is 28.9 Å². The number of rotatable bonds is 1. The van der Waals surface area contributed by atoms with Crippen LogP contribution in [0.5, 0.6) is 0 Å². The van der Waals surface area contributed by atoms with E-state index in [-0.39, 0.29) is 0 Å². The summed E-state index contributed by atoms with van der Waals surface area (Å²) in [5.41, 5.74) is 5.69. The Labute approximate surface area is 147 Å². The zero-order valence-electron chi connectivity index (χ0n) is 13.6. The van der Waals surface area contributed by atoms with Crippen LogP contribution in [-0.2, 0) is 0 Å². The molecule has 0 N–H and O–H groups in total. The molecule has 26 heavy (non-hydrogen) atoms. The Balaban J connectivity index is 1.76. The van der Waals surface area contributed by atoms with Crippen LogP contribution in [0.1, 0.15) is 0 Å². The molecular weight excluding hydrogens is 324 g/mol. The van der Waals surface area contributed by atoms with E-state index in [2.05, 4.69) is 55.9 Å². The molecular formula is C21H12N4O. The quantitative estimate of drug-likeness (QED) is 0.430. The van der Waals surface area contributed by atoms with Gasteiger partial charge in [0.05, 0.1) is 21.9 Å². The minimum absolute atomic E-state index is 0.607. The summed E-state index contributed by atoms with van der Waals surface area (Å²) in [5.74, 6) is 0. The van der Waals surface area contributed by atoms with Crippen molar-refractivity contribution < 1.29 is 4.42 Å². The van der Waals surface area contributed by atoms with Crippen molar-refractivity contribution in [1.82, 2.24) is 19.5 Å². The molecule has 6 aromatic rings. The van der Waals surface area contributed by atoms with Crippen molar-refractivity contribution in [3.63, 3.8) is 0 Å². The molecule has 2 aromatic carbocycles. The summed E-state index contributed by atoms with van der Waals surface area (Å²) in [6.07, 6.45) is 5.14. The van der Waals surface area contributed by atoms with Gasteiger partial charge in [-0.1, -0.05) is 18.2 Å². The van der Waals surface area contributed by atoms with Gasteiger partial charge in [0.1, 0.15) is 11.9 Å². The van der Waals surface area contributed by atoms with E-state index in [1.165, 1.54) is 6.33 Å². The standard InChI is InChI=1S/C21H12N4O/c1-2-5-17-14(4-1)20-18(6-3-9-23-20)25(17)13-7-8-19-15(10-13)16-11-22-12-24-21(16)26-19/h1-12H. The second-order valence-electron chi connectivity index (χ2n) is 6.25. The molecule has 4 aromatic heterocycles. The number of fused-ring (bicyclic) bond motifs is 6. The molecule has 5 heteroatoms. The maximum absolute atomic E-state index is 5.83. The maximum atomic E-state index is 5.83. The first kappa shape index (κ1) is 13.5. The van der Waals surface area contributed by atoms with Crippen molar-refractivity contribution in [2.45, 2.75) is 0 Å². The van der Waals surface area contributed by atoms with E-state index in [4.69, 9.17) is 4.42 Å². The van der Waals surface area contributed by atoms with Crippen molar-refractivity contribution in [1.29, 1.82) is 0 Å². The number of benzene rings is 2. The van der Waals surface area contributed by atoms with Crippen LogP contribution in [0.3, 0.4) is 0 Å². The number of nitrogens with zero attached hydrogens (tertiary/aromatic N) is 4. The molecule has 0 saturated heterocycles. The number of furan rings is 1. The van der Waals surface area contributed by atoms with Gasteiger partial charge < -0.3 is 8.98 Å². The molecule has 0 saturated carbocycles. The number of hydrogen-bond donors (Lipinski definition) is 0. The summed E-state index contributed by atoms with van der Waals surface area (Å²) < 4.78 is 8.06. The highest BCUT2D eigenvalue weighted by Gasteiger charge is 2.14. The Morgan fingerprint density at radius 1 is 0.808 bits per heavy atom. The van der Waals surface area contributed by atoms with Crippen LogP contribution < -0.4 is 0 Å². The fourth-order valence-corrected chi connectivity index (χ4v) is 3.71. The third kappa shape index (κ3) is 1.71. The molecule has 0 fully saturated rings. The predicted octanol–water partition coefficient (Wildman–Crippen LogP) is 4.87. The highest BCUT2D eigenvalue weighted by molar-refractivity contribution is 6.08. The van der Waals surface area contributed by atoms with Crippen LogP contribution in [0.25, 0.3) is 49.7 Å². The summed E-state index contributed by atoms with van der Waals surface area (Å²) in [6, 6.07) is 18.6. The van der Waals surface area contributed by atoms with Crippen LogP contribution in [0.4, 0.5) is 0 Å². The Morgan fingerprint density at radius 2 is 1.73 bits per heavy atom. The van der Waals surface area contributed by atoms with E-state index in [1.54, 1.807) is 6.20 Å². The third-order valence-corrected chi connectivity index (χ3v) is 4.82. The van der Waals surface area contributed by atoms with Crippen LogP contribution in [0.15, 0.2) is 77.7 Å². The lowest BCUT2D eigenvalue weighted by Crippen LogP contribution is -1.93. The van der Waals surface area contributed by atoms with Crippen LogP contribution >= 0.6 is 0 Å². The summed E-state index contributed by atoms with van der Waals surface area (Å²) >= 11 is 0. The Hall–Kier alpha value is -3.73. The van der Waals surface area contributed by atoms with Gasteiger partial charge in [-0.05, 0) is 36.4 Å². The zero-order valence-corrected chi connectivity index (χ0v) is 13.6. The lowest BCUT2D eigenvalue weighted by molar-refractivity contribution is 0.652. The fraction of sp³-hybridized carbons (Fsp3) is 0. The average molecular weight is 336 g/mol. The fourth-order valence-electron chi connectivity index (χ4n) is 3.71. The molecule has 0 amide bonds. The van der Waals surface area contributed by atoms with E-state index in [0.29, 0.717) is 5.71 Å². The lowest BCUT2D eigenvalue weighted by atomic mass is 10.2. The minimum atomic E-state index is 0.607. The predicted molar refractivity (Wildman–Crippen MR) is 101 cm³/mol. The number of aromatic nitrogens is 4. The topological polar surface area (TPSA) is 56.7 Å². The molecule has 0 aliphatic carbocycles. The van der Waals surface area contributed by atoms with E-state index in [0.717, 1.165) is 44.0 Å². The summed E-state index contributed by atoms with van der Waals surface area (Å²) in [7, 11) is 0. The Bertz CT molecular complexity index is 1390. The first-order valence-corrected chi connectivity index (χ1v) is 8.37. The van der Waals surface area contributed by atoms with Gasteiger partial charge in [0.15, 0.2) is 0 Å². The van der Waals surface area contributed by atoms with Gasteiger partial charge in [-0.2, -0.15) is 0 Å². The molecule has 6 rings (SSSR count). The van der Waals surface area contributed by atoms with Gasteiger partial charge in [0.2, 0.25) is 5.71 Å². The maximum Gasteiger partial charge on any atom is 0.230 e. The van der Waals surface area contributed by atoms with Gasteiger partial charge in [-0.3, -0.25) is 4.98 Å². The monoisotopic (exact) mass is 336 g/mol. The van der Waals surface area contributed by atoms with Crippen LogP contribution in [0, 0.1) is 0 Å². The molecule has 0 aliphatic heterocycles. The molecule has 0 spiro atoms. The number of pyridine rings is 1. The highest BCUT2D eigenvalue weighted by Crippen LogP contribution is 2.33. The first-order valence-electron chi connectivity index (χ1n) is 8.37. The minimum Gasteiger partial charge on any atom is -0.438 e. The first-order chi connectivity index (χ1) is 12.9. The molecule has 4 heterocycles. The Kier molecular flexibility index (Phi) is 2.55. The highest BCUT2D eigenvalue weighted by atomic mass is 16.3. The summed E-state index contributed by atoms with van der Waals surface area (Å²) in [4.78, 5) is 13.0. The largest absolute Gasteiger partial charge is 0.438 e. The van der Waals surface area contributed by atoms with Gasteiger partial charge >= 0.3 is 0 Å². The van der Waals surface area contributed by atoms with E-state index in [1.807, 2.05) is 24.4 Å². The smallest absolute Gasteiger partial charge is 0.230 e. The van der Waals surface area contributed by atoms with Crippen molar-refractivity contribution in [3.05, 3.63) is 73.3 Å². The molecule has 0 bridgehead atoms. The van der Waals surface area contributed by atoms with E-state index in [9.17, 15) is 0 Å². The SMILES string of the molecule is c1ccc2c(c1)c1ncccc1n2-c1ccc2oc3ncncc3c2c1. The van der Waals surface area contributed by atoms with E-state index < -0.39 is 0 Å². The number of hydrogen-bond acceptors (Lipinski definition) is 4. The van der Waals surface area contributed by atoms with Crippen molar-refractivity contribution in [2.75, 3.05) is 0 Å². The molecule has 122 valence electrons. The van der Waals surface area contributed by atoms with Gasteiger partial charge in [-0.15, -0.1) is 0 Å². The van der Waals surface area contributed by atoms with Crippen LogP contribution in [-0.4, -0.2) is 19.5 Å². The third-order valence-electron chi connectivity index (χ3n) is 4.82. The van der Waals surface area contributed by atoms with E-state index >= 15 is 0 Å². The zero-order chi connectivity index (χ0) is 17.1. The molecule has 0 aliphatic rings. The van der Waals surface area contributed by atoms with Crippen LogP contribution in [0.2, 0.25) is 0 Å². The van der Waals surface area contributed by atoms with Gasteiger partial charge in [-0.25, -0.2) is 9.97 Å². The average Bonchev–Trinajstić information content (AvgIpc) is 3.23. The summed E-state index contributed by atoms with van der Waals surface area (Å²) in [6.45, 7) is 0. The lowest BCUT2D eigenvalue weighted by Gasteiger charge is -2.07. The van der Waals surface area contributed by atoms with Gasteiger partial charge in [0.25, 0.3) is 0 Å². The van der Waals surface area contributed by atoms with Crippen molar-refractivity contribution >= 4 is 44.0 Å². The molecule has 0 unspecified atom stereocenters. The molecule has 5 nitrogen and oxygen atoms in total. The number of para-hydroxylation sites is 1. The molecule has 0 radical (unpaired) electrons. The normalized spacial score (nSPS) is 11.8. The van der Waals surface area contributed by atoms with Crippen molar-refractivity contribution in [2.24, 2.45) is 0 Å². The summed E-state index contributed by atoms with van der Waals surface area (Å²) in [5, 5.41) is 3.07. The second-order valence-corrected chi connectivity index (χ2v) is 6.25. The van der Waals surface area contributed by atoms with Crippen molar-refractivity contribution in [3.8, 4) is 5.69 Å².